The molecule has 3 rings (SSSR count). The first kappa shape index (κ1) is 14.7. The van der Waals surface area contributed by atoms with Crippen molar-refractivity contribution in [3.8, 4) is 10.6 Å². The van der Waals surface area contributed by atoms with Gasteiger partial charge in [-0.1, -0.05) is 18.2 Å². The van der Waals surface area contributed by atoms with Crippen molar-refractivity contribution in [2.75, 3.05) is 4.72 Å². The summed E-state index contributed by atoms with van der Waals surface area (Å²) in [6, 6.07) is 10.6. The highest BCUT2D eigenvalue weighted by Crippen LogP contribution is 2.30. The molecule has 0 bridgehead atoms. The van der Waals surface area contributed by atoms with E-state index >= 15 is 0 Å². The van der Waals surface area contributed by atoms with Crippen LogP contribution in [0.4, 0.5) is 5.13 Å². The second-order valence-electron chi connectivity index (χ2n) is 4.05. The number of hydrogen-bond donors (Lipinski definition) is 1. The van der Waals surface area contributed by atoms with E-state index in [1.54, 1.807) is 35.6 Å². The van der Waals surface area contributed by atoms with Crippen LogP contribution < -0.4 is 4.72 Å². The quantitative estimate of drug-likeness (QED) is 0.704. The fraction of sp³-hybridized carbons (Fsp3) is 0. The number of aromatic nitrogens is 1. The Balaban J connectivity index is 1.88. The summed E-state index contributed by atoms with van der Waals surface area (Å²) in [7, 11) is -3.65. The van der Waals surface area contributed by atoms with Crippen LogP contribution in [0.15, 0.2) is 56.5 Å². The molecule has 8 heteroatoms. The van der Waals surface area contributed by atoms with Crippen molar-refractivity contribution < 1.29 is 8.42 Å². The first-order valence-electron chi connectivity index (χ1n) is 5.83. The van der Waals surface area contributed by atoms with E-state index < -0.39 is 10.0 Å². The third kappa shape index (κ3) is 3.18. The number of thiophene rings is 1. The van der Waals surface area contributed by atoms with Gasteiger partial charge in [-0.3, -0.25) is 4.72 Å². The number of nitrogens with zero attached hydrogens (tertiary/aromatic N) is 1. The Morgan fingerprint density at radius 2 is 1.90 bits per heavy atom. The van der Waals surface area contributed by atoms with Gasteiger partial charge in [0.05, 0.1) is 10.6 Å². The highest BCUT2D eigenvalue weighted by molar-refractivity contribution is 9.10. The van der Waals surface area contributed by atoms with E-state index in [4.69, 9.17) is 0 Å². The molecule has 0 radical (unpaired) electrons. The van der Waals surface area contributed by atoms with Crippen LogP contribution in [0.2, 0.25) is 0 Å². The lowest BCUT2D eigenvalue weighted by atomic mass is 10.4. The SMILES string of the molecule is O=S(=O)(Nc1nc(-c2cccs2)cs1)c1ccccc1Br. The molecule has 3 aromatic rings. The molecule has 21 heavy (non-hydrogen) atoms. The van der Waals surface area contributed by atoms with Crippen LogP contribution in [0.3, 0.4) is 0 Å². The summed E-state index contributed by atoms with van der Waals surface area (Å²) in [4.78, 5) is 5.52. The van der Waals surface area contributed by atoms with Gasteiger partial charge in [0.2, 0.25) is 0 Å². The van der Waals surface area contributed by atoms with Crippen molar-refractivity contribution in [3.05, 3.63) is 51.6 Å². The average Bonchev–Trinajstić information content (AvgIpc) is 3.09. The fourth-order valence-corrected chi connectivity index (χ4v) is 5.42. The second-order valence-corrected chi connectivity index (χ2v) is 8.36. The van der Waals surface area contributed by atoms with Crippen molar-refractivity contribution >= 4 is 53.8 Å². The van der Waals surface area contributed by atoms with E-state index in [1.807, 2.05) is 22.9 Å². The molecule has 0 spiro atoms. The maximum absolute atomic E-state index is 12.3. The van der Waals surface area contributed by atoms with Crippen LogP contribution in [0.25, 0.3) is 10.6 Å². The number of thiazole rings is 1. The van der Waals surface area contributed by atoms with Crippen LogP contribution in [0, 0.1) is 0 Å². The zero-order chi connectivity index (χ0) is 14.9. The Kier molecular flexibility index (Phi) is 4.12. The monoisotopic (exact) mass is 400 g/mol. The minimum absolute atomic E-state index is 0.192. The molecule has 0 unspecified atom stereocenters. The number of rotatable bonds is 4. The van der Waals surface area contributed by atoms with Gasteiger partial charge in [-0.25, -0.2) is 13.4 Å². The Bertz CT molecular complexity index is 857. The van der Waals surface area contributed by atoms with Crippen LogP contribution >= 0.6 is 38.6 Å². The van der Waals surface area contributed by atoms with Crippen molar-refractivity contribution in [3.63, 3.8) is 0 Å². The second kappa shape index (κ2) is 5.88. The van der Waals surface area contributed by atoms with Crippen molar-refractivity contribution in [1.82, 2.24) is 4.98 Å². The number of hydrogen-bond acceptors (Lipinski definition) is 5. The largest absolute Gasteiger partial charge is 0.264 e. The predicted molar refractivity (Wildman–Crippen MR) is 90.4 cm³/mol. The minimum Gasteiger partial charge on any atom is -0.255 e. The molecular formula is C13H9BrN2O2S3. The molecular weight excluding hydrogens is 392 g/mol. The zero-order valence-corrected chi connectivity index (χ0v) is 14.5. The molecule has 0 amide bonds. The van der Waals surface area contributed by atoms with Crippen molar-refractivity contribution in [2.24, 2.45) is 0 Å². The molecule has 2 aromatic heterocycles. The van der Waals surface area contributed by atoms with Crippen LogP contribution in [0.5, 0.6) is 0 Å². The zero-order valence-electron chi connectivity index (χ0n) is 10.5. The maximum atomic E-state index is 12.3. The Hall–Kier alpha value is -1.22. The molecule has 4 nitrogen and oxygen atoms in total. The van der Waals surface area contributed by atoms with E-state index in [1.165, 1.54) is 11.3 Å². The lowest BCUT2D eigenvalue weighted by molar-refractivity contribution is 0.600. The summed E-state index contributed by atoms with van der Waals surface area (Å²) in [5, 5.41) is 4.15. The lowest BCUT2D eigenvalue weighted by Gasteiger charge is -2.06. The average molecular weight is 401 g/mol. The van der Waals surface area contributed by atoms with Crippen LogP contribution in [-0.2, 0) is 10.0 Å². The third-order valence-electron chi connectivity index (χ3n) is 2.63. The number of anilines is 1. The van der Waals surface area contributed by atoms with Gasteiger partial charge in [-0.15, -0.1) is 22.7 Å². The fourth-order valence-electron chi connectivity index (χ4n) is 1.69. The van der Waals surface area contributed by atoms with Gasteiger partial charge < -0.3 is 0 Å². The summed E-state index contributed by atoms with van der Waals surface area (Å²) >= 11 is 6.08. The summed E-state index contributed by atoms with van der Waals surface area (Å²) < 4.78 is 27.7. The third-order valence-corrected chi connectivity index (χ3v) is 6.76. The summed E-state index contributed by atoms with van der Waals surface area (Å²) in [6.45, 7) is 0. The van der Waals surface area contributed by atoms with Crippen LogP contribution in [0.1, 0.15) is 0 Å². The topological polar surface area (TPSA) is 59.1 Å². The van der Waals surface area contributed by atoms with Crippen molar-refractivity contribution in [1.29, 1.82) is 0 Å². The molecule has 1 aromatic carbocycles. The molecule has 108 valence electrons. The molecule has 0 aliphatic carbocycles. The molecule has 0 aliphatic heterocycles. The molecule has 0 saturated carbocycles. The van der Waals surface area contributed by atoms with Gasteiger partial charge in [-0.05, 0) is 39.5 Å². The number of nitrogens with one attached hydrogen (secondary N) is 1. The van der Waals surface area contributed by atoms with Crippen LogP contribution in [-0.4, -0.2) is 13.4 Å². The van der Waals surface area contributed by atoms with Gasteiger partial charge in [-0.2, -0.15) is 0 Å². The highest BCUT2D eigenvalue weighted by atomic mass is 79.9. The maximum Gasteiger partial charge on any atom is 0.264 e. The number of benzene rings is 1. The lowest BCUT2D eigenvalue weighted by Crippen LogP contribution is -2.13. The van der Waals surface area contributed by atoms with E-state index in [2.05, 4.69) is 25.6 Å². The Morgan fingerprint density at radius 3 is 2.62 bits per heavy atom. The molecule has 1 N–H and O–H groups in total. The number of sulfonamides is 1. The van der Waals surface area contributed by atoms with Gasteiger partial charge >= 0.3 is 0 Å². The molecule has 0 aliphatic rings. The Morgan fingerprint density at radius 1 is 1.10 bits per heavy atom. The minimum atomic E-state index is -3.65. The summed E-state index contributed by atoms with van der Waals surface area (Å²) in [6.07, 6.45) is 0. The summed E-state index contributed by atoms with van der Waals surface area (Å²) in [5.41, 5.74) is 0.778. The van der Waals surface area contributed by atoms with Gasteiger partial charge in [0.1, 0.15) is 4.90 Å². The highest BCUT2D eigenvalue weighted by Gasteiger charge is 2.19. The first-order chi connectivity index (χ1) is 10.1. The standard InChI is InChI=1S/C13H9BrN2O2S3/c14-9-4-1-2-6-12(9)21(17,18)16-13-15-10(8-20-13)11-5-3-7-19-11/h1-8H,(H,15,16). The molecule has 2 heterocycles. The van der Waals surface area contributed by atoms with E-state index in [0.717, 1.165) is 10.6 Å². The summed E-state index contributed by atoms with van der Waals surface area (Å²) in [5.74, 6) is 0. The first-order valence-corrected chi connectivity index (χ1v) is 9.86. The van der Waals surface area contributed by atoms with E-state index in [9.17, 15) is 8.42 Å². The van der Waals surface area contributed by atoms with Gasteiger partial charge in [0.25, 0.3) is 10.0 Å². The smallest absolute Gasteiger partial charge is 0.255 e. The van der Waals surface area contributed by atoms with E-state index in [0.29, 0.717) is 9.60 Å². The normalized spacial score (nSPS) is 11.5. The molecule has 0 saturated heterocycles. The van der Waals surface area contributed by atoms with E-state index in [-0.39, 0.29) is 4.90 Å². The van der Waals surface area contributed by atoms with Crippen molar-refractivity contribution in [2.45, 2.75) is 4.90 Å². The molecule has 0 fully saturated rings. The van der Waals surface area contributed by atoms with Gasteiger partial charge in [0.15, 0.2) is 5.13 Å². The van der Waals surface area contributed by atoms with Gasteiger partial charge in [0, 0.05) is 9.85 Å². The predicted octanol–water partition coefficient (Wildman–Crippen LogP) is 4.43. The molecule has 0 atom stereocenters. The number of halogens is 1. The Labute approximate surface area is 138 Å².